The second kappa shape index (κ2) is 4.41. The molecule has 2 fully saturated rings. The van der Waals surface area contributed by atoms with E-state index in [1.807, 2.05) is 0 Å². The minimum Gasteiger partial charge on any atom is -0.479 e. The van der Waals surface area contributed by atoms with E-state index in [4.69, 9.17) is 10.2 Å². The molecule has 2 aliphatic rings. The van der Waals surface area contributed by atoms with Gasteiger partial charge in [-0.1, -0.05) is 6.42 Å². The van der Waals surface area contributed by atoms with Gasteiger partial charge < -0.3 is 15.5 Å². The maximum atomic E-state index is 11.6. The maximum absolute atomic E-state index is 11.6. The van der Waals surface area contributed by atoms with Gasteiger partial charge in [0.25, 0.3) is 0 Å². The number of carboxylic acids is 1. The second-order valence-corrected chi connectivity index (χ2v) is 4.72. The molecule has 0 aliphatic heterocycles. The lowest BCUT2D eigenvalue weighted by atomic mass is 10.1. The molecule has 16 heavy (non-hydrogen) atoms. The summed E-state index contributed by atoms with van der Waals surface area (Å²) in [5.41, 5.74) is 0. The normalized spacial score (nSPS) is 32.9. The van der Waals surface area contributed by atoms with Crippen molar-refractivity contribution in [2.45, 2.75) is 31.8 Å². The summed E-state index contributed by atoms with van der Waals surface area (Å²) in [6, 6.07) is 0. The Kier molecular flexibility index (Phi) is 3.14. The molecule has 90 valence electrons. The zero-order valence-electron chi connectivity index (χ0n) is 9.06. The average Bonchev–Trinajstić information content (AvgIpc) is 2.72. The minimum atomic E-state index is -1.38. The molecule has 0 aromatic carbocycles. The first kappa shape index (κ1) is 11.4. The van der Waals surface area contributed by atoms with Gasteiger partial charge >= 0.3 is 5.97 Å². The van der Waals surface area contributed by atoms with Crippen molar-refractivity contribution in [2.75, 3.05) is 6.54 Å². The van der Waals surface area contributed by atoms with Gasteiger partial charge in [0.1, 0.15) is 0 Å². The summed E-state index contributed by atoms with van der Waals surface area (Å²) in [6.45, 7) is 0.238. The molecule has 3 unspecified atom stereocenters. The van der Waals surface area contributed by atoms with Crippen LogP contribution >= 0.6 is 0 Å². The molecule has 0 aromatic heterocycles. The molecule has 0 aromatic rings. The number of rotatable bonds is 5. The van der Waals surface area contributed by atoms with E-state index >= 15 is 0 Å². The van der Waals surface area contributed by atoms with Crippen LogP contribution in [0.4, 0.5) is 0 Å². The first-order valence-electron chi connectivity index (χ1n) is 5.80. The van der Waals surface area contributed by atoms with Crippen molar-refractivity contribution in [3.63, 3.8) is 0 Å². The van der Waals surface area contributed by atoms with E-state index in [0.29, 0.717) is 11.8 Å². The van der Waals surface area contributed by atoms with Gasteiger partial charge in [0.2, 0.25) is 5.91 Å². The second-order valence-electron chi connectivity index (χ2n) is 4.72. The van der Waals surface area contributed by atoms with Gasteiger partial charge in [0.05, 0.1) is 0 Å². The number of nitrogens with one attached hydrogen (secondary N) is 1. The Morgan fingerprint density at radius 2 is 1.94 bits per heavy atom. The molecule has 0 saturated heterocycles. The molecule has 0 bridgehead atoms. The Balaban J connectivity index is 1.64. The molecule has 3 N–H and O–H groups in total. The van der Waals surface area contributed by atoms with Crippen LogP contribution in [0.1, 0.15) is 25.7 Å². The summed E-state index contributed by atoms with van der Waals surface area (Å²) < 4.78 is 0. The van der Waals surface area contributed by atoms with E-state index in [0.717, 1.165) is 12.8 Å². The highest BCUT2D eigenvalue weighted by atomic mass is 16.4. The Bertz CT molecular complexity index is 294. The van der Waals surface area contributed by atoms with Crippen LogP contribution in [0, 0.1) is 17.8 Å². The molecule has 0 spiro atoms. The van der Waals surface area contributed by atoms with Crippen LogP contribution in [-0.4, -0.2) is 34.7 Å². The summed E-state index contributed by atoms with van der Waals surface area (Å²) in [6.07, 6.45) is 2.24. The predicted molar refractivity (Wildman–Crippen MR) is 55.6 cm³/mol. The zero-order valence-corrected chi connectivity index (χ0v) is 9.06. The van der Waals surface area contributed by atoms with Crippen LogP contribution in [0.25, 0.3) is 0 Å². The number of aliphatic hydroxyl groups is 1. The number of carboxylic acid groups (broad SMARTS) is 1. The highest BCUT2D eigenvalue weighted by Crippen LogP contribution is 2.57. The number of fused-ring (bicyclic) bond motifs is 1. The van der Waals surface area contributed by atoms with Crippen LogP contribution < -0.4 is 5.32 Å². The van der Waals surface area contributed by atoms with Crippen LogP contribution in [0.3, 0.4) is 0 Å². The first-order valence-corrected chi connectivity index (χ1v) is 5.80. The fourth-order valence-corrected chi connectivity index (χ4v) is 2.78. The molecule has 2 rings (SSSR count). The van der Waals surface area contributed by atoms with Gasteiger partial charge in [-0.2, -0.15) is 0 Å². The van der Waals surface area contributed by atoms with E-state index in [9.17, 15) is 9.59 Å². The number of carbonyl (C=O) groups excluding carboxylic acids is 1. The Morgan fingerprint density at radius 1 is 1.31 bits per heavy atom. The van der Waals surface area contributed by atoms with Crippen molar-refractivity contribution in [3.8, 4) is 0 Å². The zero-order chi connectivity index (χ0) is 11.7. The third-order valence-corrected chi connectivity index (χ3v) is 3.71. The molecule has 2 aliphatic carbocycles. The maximum Gasteiger partial charge on any atom is 0.332 e. The SMILES string of the molecule is O=C(O)C(O)CCNC(=O)C1C2CCCC21. The smallest absolute Gasteiger partial charge is 0.332 e. The number of aliphatic hydroxyl groups excluding tert-OH is 1. The van der Waals surface area contributed by atoms with E-state index in [2.05, 4.69) is 5.32 Å². The van der Waals surface area contributed by atoms with Gasteiger partial charge in [0.15, 0.2) is 6.10 Å². The van der Waals surface area contributed by atoms with E-state index < -0.39 is 12.1 Å². The van der Waals surface area contributed by atoms with E-state index in [1.54, 1.807) is 0 Å². The fraction of sp³-hybridized carbons (Fsp3) is 0.818. The Labute approximate surface area is 93.8 Å². The number of carbonyl (C=O) groups is 2. The van der Waals surface area contributed by atoms with Crippen LogP contribution in [-0.2, 0) is 9.59 Å². The lowest BCUT2D eigenvalue weighted by molar-refractivity contribution is -0.147. The summed E-state index contributed by atoms with van der Waals surface area (Å²) in [7, 11) is 0. The lowest BCUT2D eigenvalue weighted by Crippen LogP contribution is -2.31. The molecule has 2 saturated carbocycles. The van der Waals surface area contributed by atoms with Crippen LogP contribution in [0.2, 0.25) is 0 Å². The molecule has 5 heteroatoms. The van der Waals surface area contributed by atoms with Crippen molar-refractivity contribution in [1.29, 1.82) is 0 Å². The molecule has 1 amide bonds. The van der Waals surface area contributed by atoms with Gasteiger partial charge in [-0.05, 0) is 24.7 Å². The molecular weight excluding hydrogens is 210 g/mol. The topological polar surface area (TPSA) is 86.6 Å². The first-order chi connectivity index (χ1) is 7.61. The predicted octanol–water partition coefficient (Wildman–Crippen LogP) is -0.0157. The fourth-order valence-electron chi connectivity index (χ4n) is 2.78. The summed E-state index contributed by atoms with van der Waals surface area (Å²) in [5.74, 6) is 0.106. The van der Waals surface area contributed by atoms with Crippen molar-refractivity contribution in [3.05, 3.63) is 0 Å². The van der Waals surface area contributed by atoms with Crippen molar-refractivity contribution >= 4 is 11.9 Å². The number of aliphatic carboxylic acids is 1. The molecule has 3 atom stereocenters. The average molecular weight is 227 g/mol. The quantitative estimate of drug-likeness (QED) is 0.616. The highest BCUT2D eigenvalue weighted by Gasteiger charge is 2.56. The number of amides is 1. The molecule has 5 nitrogen and oxygen atoms in total. The van der Waals surface area contributed by atoms with Gasteiger partial charge in [0, 0.05) is 18.9 Å². The highest BCUT2D eigenvalue weighted by molar-refractivity contribution is 5.82. The van der Waals surface area contributed by atoms with Crippen molar-refractivity contribution in [2.24, 2.45) is 17.8 Å². The molecule has 0 heterocycles. The largest absolute Gasteiger partial charge is 0.479 e. The minimum absolute atomic E-state index is 0.0345. The Hall–Kier alpha value is -1.10. The standard InChI is InChI=1S/C11H17NO4/c13-8(11(15)16)4-5-12-10(14)9-6-2-1-3-7(6)9/h6-9,13H,1-5H2,(H,12,14)(H,15,16). The Morgan fingerprint density at radius 3 is 2.50 bits per heavy atom. The van der Waals surface area contributed by atoms with Gasteiger partial charge in [-0.3, -0.25) is 4.79 Å². The van der Waals surface area contributed by atoms with Gasteiger partial charge in [-0.15, -0.1) is 0 Å². The third-order valence-electron chi connectivity index (χ3n) is 3.71. The summed E-state index contributed by atoms with van der Waals surface area (Å²) in [4.78, 5) is 21.9. The van der Waals surface area contributed by atoms with E-state index in [1.165, 1.54) is 6.42 Å². The number of hydrogen-bond acceptors (Lipinski definition) is 3. The molecular formula is C11H17NO4. The van der Waals surface area contributed by atoms with Crippen molar-refractivity contribution < 1.29 is 19.8 Å². The van der Waals surface area contributed by atoms with Gasteiger partial charge in [-0.25, -0.2) is 4.79 Å². The molecule has 0 radical (unpaired) electrons. The summed E-state index contributed by atoms with van der Waals surface area (Å²) >= 11 is 0. The van der Waals surface area contributed by atoms with Crippen LogP contribution in [0.15, 0.2) is 0 Å². The van der Waals surface area contributed by atoms with Crippen LogP contribution in [0.5, 0.6) is 0 Å². The lowest BCUT2D eigenvalue weighted by Gasteiger charge is -2.08. The monoisotopic (exact) mass is 227 g/mol. The van der Waals surface area contributed by atoms with E-state index in [-0.39, 0.29) is 24.8 Å². The summed E-state index contributed by atoms with van der Waals surface area (Å²) in [5, 5.41) is 20.1. The van der Waals surface area contributed by atoms with Crippen molar-refractivity contribution in [1.82, 2.24) is 5.32 Å². The number of hydrogen-bond donors (Lipinski definition) is 3. The third kappa shape index (κ3) is 2.19.